The van der Waals surface area contributed by atoms with E-state index in [1.54, 1.807) is 11.3 Å². The molecule has 2 aromatic rings. The zero-order valence-electron chi connectivity index (χ0n) is 12.5. The fourth-order valence-electron chi connectivity index (χ4n) is 2.59. The Morgan fingerprint density at radius 2 is 2.17 bits per heavy atom. The van der Waals surface area contributed by atoms with E-state index in [2.05, 4.69) is 43.7 Å². The fraction of sp³-hybridized carbons (Fsp3) is 0.375. The van der Waals surface area contributed by atoms with E-state index < -0.39 is 0 Å². The lowest BCUT2D eigenvalue weighted by Gasteiger charge is -2.20. The number of hydrogen-bond donors (Lipinski definition) is 2. The number of aromatic nitrogens is 1. The molecule has 1 amide bonds. The van der Waals surface area contributed by atoms with E-state index in [0.29, 0.717) is 5.13 Å². The maximum Gasteiger partial charge on any atom is 0.229 e. The quantitative estimate of drug-likeness (QED) is 0.796. The second-order valence-corrected chi connectivity index (χ2v) is 7.48. The average molecular weight is 417 g/mol. The zero-order chi connectivity index (χ0) is 15.4. The number of benzene rings is 1. The lowest BCUT2D eigenvalue weighted by molar-refractivity contribution is -0.120. The van der Waals surface area contributed by atoms with Gasteiger partial charge in [0.25, 0.3) is 0 Å². The van der Waals surface area contributed by atoms with E-state index in [-0.39, 0.29) is 24.2 Å². The summed E-state index contributed by atoms with van der Waals surface area (Å²) in [6.45, 7) is 1.84. The molecular formula is C16H19BrClN3OS. The van der Waals surface area contributed by atoms with Crippen LogP contribution < -0.4 is 10.6 Å². The van der Waals surface area contributed by atoms with Gasteiger partial charge in [0, 0.05) is 27.9 Å². The third-order valence-corrected chi connectivity index (χ3v) is 5.17. The Morgan fingerprint density at radius 1 is 1.39 bits per heavy atom. The lowest BCUT2D eigenvalue weighted by Crippen LogP contribution is -2.34. The summed E-state index contributed by atoms with van der Waals surface area (Å²) in [5.74, 6) is 0.212. The zero-order valence-corrected chi connectivity index (χ0v) is 15.8. The van der Waals surface area contributed by atoms with Crippen LogP contribution in [0, 0.1) is 5.92 Å². The largest absolute Gasteiger partial charge is 0.317 e. The number of nitrogens with zero attached hydrogens (tertiary/aromatic N) is 1. The predicted octanol–water partition coefficient (Wildman–Crippen LogP) is 3.86. The highest BCUT2D eigenvalue weighted by molar-refractivity contribution is 9.10. The molecule has 1 aromatic carbocycles. The van der Waals surface area contributed by atoms with Crippen LogP contribution in [0.1, 0.15) is 23.3 Å². The maximum absolute atomic E-state index is 12.2. The van der Waals surface area contributed by atoms with Crippen molar-refractivity contribution in [3.05, 3.63) is 45.4 Å². The molecule has 1 aliphatic heterocycles. The Balaban J connectivity index is 0.00000192. The third kappa shape index (κ3) is 5.28. The van der Waals surface area contributed by atoms with Gasteiger partial charge in [-0.25, -0.2) is 4.98 Å². The van der Waals surface area contributed by atoms with Crippen molar-refractivity contribution in [3.8, 4) is 0 Å². The molecule has 7 heteroatoms. The second-order valence-electron chi connectivity index (χ2n) is 5.45. The molecule has 0 bridgehead atoms. The topological polar surface area (TPSA) is 54.0 Å². The van der Waals surface area contributed by atoms with Crippen molar-refractivity contribution in [2.45, 2.75) is 19.3 Å². The SMILES string of the molecule is Cl.O=C(Nc1ncc(Cc2cccc(Br)c2)s1)C1CCNCC1. The monoisotopic (exact) mass is 415 g/mol. The van der Waals surface area contributed by atoms with Gasteiger partial charge in [-0.3, -0.25) is 4.79 Å². The Labute approximate surface area is 154 Å². The summed E-state index contributed by atoms with van der Waals surface area (Å²) in [6.07, 6.45) is 4.49. The highest BCUT2D eigenvalue weighted by atomic mass is 79.9. The van der Waals surface area contributed by atoms with Gasteiger partial charge in [-0.1, -0.05) is 28.1 Å². The molecule has 0 spiro atoms. The van der Waals surface area contributed by atoms with Gasteiger partial charge in [0.1, 0.15) is 0 Å². The van der Waals surface area contributed by atoms with Crippen LogP contribution in [0.15, 0.2) is 34.9 Å². The van der Waals surface area contributed by atoms with E-state index >= 15 is 0 Å². The minimum absolute atomic E-state index is 0. The third-order valence-electron chi connectivity index (χ3n) is 3.76. The summed E-state index contributed by atoms with van der Waals surface area (Å²) < 4.78 is 1.08. The molecule has 0 saturated carbocycles. The molecule has 2 heterocycles. The molecule has 2 N–H and O–H groups in total. The molecule has 0 atom stereocenters. The summed E-state index contributed by atoms with van der Waals surface area (Å²) in [5.41, 5.74) is 1.23. The van der Waals surface area contributed by atoms with Crippen molar-refractivity contribution in [1.29, 1.82) is 0 Å². The van der Waals surface area contributed by atoms with E-state index in [1.165, 1.54) is 5.56 Å². The Hall–Kier alpha value is -0.950. The number of piperidine rings is 1. The summed E-state index contributed by atoms with van der Waals surface area (Å²) in [5, 5.41) is 6.94. The van der Waals surface area contributed by atoms with Gasteiger partial charge in [0.2, 0.25) is 5.91 Å². The molecule has 3 rings (SSSR count). The van der Waals surface area contributed by atoms with Crippen LogP contribution >= 0.6 is 39.7 Å². The molecular weight excluding hydrogens is 398 g/mol. The summed E-state index contributed by atoms with van der Waals surface area (Å²) in [4.78, 5) is 17.7. The van der Waals surface area contributed by atoms with Crippen LogP contribution in [-0.4, -0.2) is 24.0 Å². The Kier molecular flexibility index (Phi) is 7.02. The Morgan fingerprint density at radius 3 is 2.91 bits per heavy atom. The normalized spacial score (nSPS) is 15.0. The molecule has 1 aliphatic rings. The molecule has 124 valence electrons. The average Bonchev–Trinajstić information content (AvgIpc) is 2.95. The first-order valence-corrected chi connectivity index (χ1v) is 9.02. The summed E-state index contributed by atoms with van der Waals surface area (Å²) >= 11 is 5.04. The minimum Gasteiger partial charge on any atom is -0.317 e. The number of carbonyl (C=O) groups excluding carboxylic acids is 1. The summed E-state index contributed by atoms with van der Waals surface area (Å²) in [6, 6.07) is 8.24. The number of halogens is 2. The minimum atomic E-state index is 0. The Bertz CT molecular complexity index is 658. The van der Waals surface area contributed by atoms with Gasteiger partial charge in [0.05, 0.1) is 0 Å². The number of amides is 1. The highest BCUT2D eigenvalue weighted by Gasteiger charge is 2.21. The van der Waals surface area contributed by atoms with Crippen LogP contribution in [-0.2, 0) is 11.2 Å². The molecule has 1 saturated heterocycles. The molecule has 1 aromatic heterocycles. The molecule has 1 fully saturated rings. The first-order chi connectivity index (χ1) is 10.7. The van der Waals surface area contributed by atoms with Gasteiger partial charge < -0.3 is 10.6 Å². The molecule has 0 aliphatic carbocycles. The van der Waals surface area contributed by atoms with Gasteiger partial charge >= 0.3 is 0 Å². The number of rotatable bonds is 4. The number of anilines is 1. The molecule has 23 heavy (non-hydrogen) atoms. The van der Waals surface area contributed by atoms with Crippen LogP contribution in [0.2, 0.25) is 0 Å². The smallest absolute Gasteiger partial charge is 0.229 e. The van der Waals surface area contributed by atoms with Crippen LogP contribution in [0.4, 0.5) is 5.13 Å². The second kappa shape index (κ2) is 8.78. The maximum atomic E-state index is 12.2. The van der Waals surface area contributed by atoms with Crippen LogP contribution in [0.3, 0.4) is 0 Å². The first kappa shape index (κ1) is 18.4. The van der Waals surface area contributed by atoms with Gasteiger partial charge in [-0.05, 0) is 43.6 Å². The number of hydrogen-bond acceptors (Lipinski definition) is 4. The first-order valence-electron chi connectivity index (χ1n) is 7.41. The van der Waals surface area contributed by atoms with Crippen LogP contribution in [0.5, 0.6) is 0 Å². The number of carbonyl (C=O) groups is 1. The van der Waals surface area contributed by atoms with Crippen LogP contribution in [0.25, 0.3) is 0 Å². The van der Waals surface area contributed by atoms with Crippen molar-refractivity contribution in [2.24, 2.45) is 5.92 Å². The van der Waals surface area contributed by atoms with E-state index in [1.807, 2.05) is 18.3 Å². The summed E-state index contributed by atoms with van der Waals surface area (Å²) in [7, 11) is 0. The molecule has 0 unspecified atom stereocenters. The highest BCUT2D eigenvalue weighted by Crippen LogP contribution is 2.24. The van der Waals surface area contributed by atoms with Crippen molar-refractivity contribution in [2.75, 3.05) is 18.4 Å². The van der Waals surface area contributed by atoms with Crippen molar-refractivity contribution >= 4 is 50.7 Å². The van der Waals surface area contributed by atoms with E-state index in [4.69, 9.17) is 0 Å². The number of nitrogens with one attached hydrogen (secondary N) is 2. The van der Waals surface area contributed by atoms with E-state index in [0.717, 1.165) is 41.7 Å². The van der Waals surface area contributed by atoms with Crippen molar-refractivity contribution in [1.82, 2.24) is 10.3 Å². The molecule has 4 nitrogen and oxygen atoms in total. The lowest BCUT2D eigenvalue weighted by atomic mass is 9.97. The van der Waals surface area contributed by atoms with Gasteiger partial charge in [-0.2, -0.15) is 0 Å². The van der Waals surface area contributed by atoms with E-state index in [9.17, 15) is 4.79 Å². The number of thiazole rings is 1. The van der Waals surface area contributed by atoms with Gasteiger partial charge in [0.15, 0.2) is 5.13 Å². The van der Waals surface area contributed by atoms with Gasteiger partial charge in [-0.15, -0.1) is 23.7 Å². The van der Waals surface area contributed by atoms with Crippen molar-refractivity contribution < 1.29 is 4.79 Å². The fourth-order valence-corrected chi connectivity index (χ4v) is 3.88. The molecule has 0 radical (unpaired) electrons. The predicted molar refractivity (Wildman–Crippen MR) is 101 cm³/mol. The van der Waals surface area contributed by atoms with Crippen molar-refractivity contribution in [3.63, 3.8) is 0 Å². The standard InChI is InChI=1S/C16H18BrN3OS.ClH/c17-13-3-1-2-11(8-13)9-14-10-19-16(22-14)20-15(21)12-4-6-18-7-5-12;/h1-3,8,10,12,18H,4-7,9H2,(H,19,20,21);1H.